The SMILES string of the molecule is C#CCC(=O)Nc1ccc(Br)c(C(=O)O)c1. The molecule has 0 heterocycles. The van der Waals surface area contributed by atoms with E-state index in [1.165, 1.54) is 6.07 Å². The van der Waals surface area contributed by atoms with Crippen LogP contribution in [0.3, 0.4) is 0 Å². The van der Waals surface area contributed by atoms with Crippen molar-refractivity contribution in [2.75, 3.05) is 5.32 Å². The van der Waals surface area contributed by atoms with E-state index in [9.17, 15) is 9.59 Å². The summed E-state index contributed by atoms with van der Waals surface area (Å²) in [6, 6.07) is 4.50. The van der Waals surface area contributed by atoms with Gasteiger partial charge in [-0.05, 0) is 34.1 Å². The third kappa shape index (κ3) is 3.11. The molecule has 0 saturated carbocycles. The molecule has 0 atom stereocenters. The van der Waals surface area contributed by atoms with E-state index < -0.39 is 5.97 Å². The van der Waals surface area contributed by atoms with Gasteiger partial charge in [-0.25, -0.2) is 4.79 Å². The van der Waals surface area contributed by atoms with E-state index in [-0.39, 0.29) is 17.9 Å². The largest absolute Gasteiger partial charge is 0.478 e. The normalized spacial score (nSPS) is 9.25. The van der Waals surface area contributed by atoms with Crippen molar-refractivity contribution in [3.63, 3.8) is 0 Å². The molecule has 0 bridgehead atoms. The lowest BCUT2D eigenvalue weighted by Gasteiger charge is -2.05. The van der Waals surface area contributed by atoms with E-state index >= 15 is 0 Å². The van der Waals surface area contributed by atoms with Gasteiger partial charge in [0.25, 0.3) is 0 Å². The van der Waals surface area contributed by atoms with E-state index in [2.05, 4.69) is 27.2 Å². The number of carbonyl (C=O) groups excluding carboxylic acids is 1. The summed E-state index contributed by atoms with van der Waals surface area (Å²) in [7, 11) is 0. The lowest BCUT2D eigenvalue weighted by Crippen LogP contribution is -2.11. The number of amides is 1. The topological polar surface area (TPSA) is 66.4 Å². The third-order valence-corrected chi connectivity index (χ3v) is 2.43. The summed E-state index contributed by atoms with van der Waals surface area (Å²) >= 11 is 3.10. The molecular formula is C11H8BrNO3. The standard InChI is InChI=1S/C11H8BrNO3/c1-2-3-10(14)13-7-4-5-9(12)8(6-7)11(15)16/h1,4-6H,3H2,(H,13,14)(H,15,16). The van der Waals surface area contributed by atoms with Crippen LogP contribution in [0, 0.1) is 12.3 Å². The van der Waals surface area contributed by atoms with Crippen molar-refractivity contribution in [2.24, 2.45) is 0 Å². The molecule has 1 rings (SSSR count). The fourth-order valence-electron chi connectivity index (χ4n) is 1.06. The van der Waals surface area contributed by atoms with Crippen molar-refractivity contribution in [2.45, 2.75) is 6.42 Å². The lowest BCUT2D eigenvalue weighted by molar-refractivity contribution is -0.115. The Labute approximate surface area is 101 Å². The first kappa shape index (κ1) is 12.3. The zero-order valence-corrected chi connectivity index (χ0v) is 9.74. The van der Waals surface area contributed by atoms with Crippen molar-refractivity contribution in [1.29, 1.82) is 0 Å². The zero-order valence-electron chi connectivity index (χ0n) is 8.16. The maximum Gasteiger partial charge on any atom is 0.336 e. The minimum atomic E-state index is -1.07. The molecule has 0 aliphatic heterocycles. The van der Waals surface area contributed by atoms with Crippen LogP contribution in [-0.2, 0) is 4.79 Å². The number of rotatable bonds is 3. The smallest absolute Gasteiger partial charge is 0.336 e. The summed E-state index contributed by atoms with van der Waals surface area (Å²) < 4.78 is 0.454. The minimum Gasteiger partial charge on any atom is -0.478 e. The van der Waals surface area contributed by atoms with Crippen molar-refractivity contribution < 1.29 is 14.7 Å². The second-order valence-corrected chi connectivity index (χ2v) is 3.78. The van der Waals surface area contributed by atoms with E-state index in [1.54, 1.807) is 12.1 Å². The number of carbonyl (C=O) groups is 2. The summed E-state index contributed by atoms with van der Waals surface area (Å²) in [5, 5.41) is 11.4. The summed E-state index contributed by atoms with van der Waals surface area (Å²) in [5.74, 6) is 0.783. The third-order valence-electron chi connectivity index (χ3n) is 1.74. The average Bonchev–Trinajstić information content (AvgIpc) is 2.21. The van der Waals surface area contributed by atoms with E-state index in [0.29, 0.717) is 10.2 Å². The molecule has 82 valence electrons. The van der Waals surface area contributed by atoms with Gasteiger partial charge in [0.2, 0.25) is 5.91 Å². The molecular weight excluding hydrogens is 274 g/mol. The van der Waals surface area contributed by atoms with Crippen molar-refractivity contribution in [1.82, 2.24) is 0 Å². The number of hydrogen-bond acceptors (Lipinski definition) is 2. The second-order valence-electron chi connectivity index (χ2n) is 2.93. The van der Waals surface area contributed by atoms with Crippen LogP contribution in [0.2, 0.25) is 0 Å². The molecule has 0 fully saturated rings. The van der Waals surface area contributed by atoms with Crippen LogP contribution < -0.4 is 5.32 Å². The Morgan fingerprint density at radius 2 is 2.19 bits per heavy atom. The molecule has 0 aromatic heterocycles. The molecule has 0 radical (unpaired) electrons. The van der Waals surface area contributed by atoms with Gasteiger partial charge in [-0.15, -0.1) is 6.42 Å². The first-order chi connectivity index (χ1) is 7.54. The van der Waals surface area contributed by atoms with Crippen LogP contribution in [-0.4, -0.2) is 17.0 Å². The number of carboxylic acids is 1. The van der Waals surface area contributed by atoms with Gasteiger partial charge in [-0.3, -0.25) is 4.79 Å². The van der Waals surface area contributed by atoms with Gasteiger partial charge in [0.05, 0.1) is 12.0 Å². The van der Waals surface area contributed by atoms with Gasteiger partial charge in [-0.2, -0.15) is 0 Å². The molecule has 1 aromatic rings. The maximum absolute atomic E-state index is 11.2. The van der Waals surface area contributed by atoms with Crippen LogP contribution in [0.15, 0.2) is 22.7 Å². The van der Waals surface area contributed by atoms with Crippen molar-refractivity contribution in [3.05, 3.63) is 28.2 Å². The predicted molar refractivity (Wildman–Crippen MR) is 63.2 cm³/mol. The molecule has 1 aromatic carbocycles. The zero-order chi connectivity index (χ0) is 12.1. The van der Waals surface area contributed by atoms with Gasteiger partial charge in [0.15, 0.2) is 0 Å². The highest BCUT2D eigenvalue weighted by Gasteiger charge is 2.09. The highest BCUT2D eigenvalue weighted by Crippen LogP contribution is 2.21. The van der Waals surface area contributed by atoms with E-state index in [0.717, 1.165) is 0 Å². The maximum atomic E-state index is 11.2. The first-order valence-corrected chi connectivity index (χ1v) is 5.10. The number of carboxylic acid groups (broad SMARTS) is 1. The van der Waals surface area contributed by atoms with Crippen LogP contribution in [0.1, 0.15) is 16.8 Å². The molecule has 4 nitrogen and oxygen atoms in total. The Balaban J connectivity index is 2.92. The molecule has 0 unspecified atom stereocenters. The summed E-state index contributed by atoms with van der Waals surface area (Å²) in [6.45, 7) is 0. The van der Waals surface area contributed by atoms with Crippen LogP contribution in [0.5, 0.6) is 0 Å². The fourth-order valence-corrected chi connectivity index (χ4v) is 1.48. The number of benzene rings is 1. The molecule has 0 aliphatic carbocycles. The van der Waals surface area contributed by atoms with Crippen LogP contribution in [0.25, 0.3) is 0 Å². The number of hydrogen-bond donors (Lipinski definition) is 2. The number of aromatic carboxylic acids is 1. The number of terminal acetylenes is 1. The van der Waals surface area contributed by atoms with Crippen molar-refractivity contribution >= 4 is 33.5 Å². The van der Waals surface area contributed by atoms with Crippen LogP contribution in [0.4, 0.5) is 5.69 Å². The summed E-state index contributed by atoms with van der Waals surface area (Å²) in [6.07, 6.45) is 4.93. The fraction of sp³-hybridized carbons (Fsp3) is 0.0909. The Bertz CT molecular complexity index is 477. The molecule has 0 spiro atoms. The highest BCUT2D eigenvalue weighted by atomic mass is 79.9. The lowest BCUT2D eigenvalue weighted by atomic mass is 10.2. The summed E-state index contributed by atoms with van der Waals surface area (Å²) in [5.41, 5.74) is 0.486. The van der Waals surface area contributed by atoms with Gasteiger partial charge in [0.1, 0.15) is 0 Å². The molecule has 2 N–H and O–H groups in total. The highest BCUT2D eigenvalue weighted by molar-refractivity contribution is 9.10. The summed E-state index contributed by atoms with van der Waals surface area (Å²) in [4.78, 5) is 22.0. The van der Waals surface area contributed by atoms with Gasteiger partial charge < -0.3 is 10.4 Å². The van der Waals surface area contributed by atoms with Crippen LogP contribution >= 0.6 is 15.9 Å². The first-order valence-electron chi connectivity index (χ1n) is 4.30. The van der Waals surface area contributed by atoms with Gasteiger partial charge >= 0.3 is 5.97 Å². The quantitative estimate of drug-likeness (QED) is 0.834. The Morgan fingerprint density at radius 1 is 1.50 bits per heavy atom. The number of halogens is 1. The number of nitrogens with one attached hydrogen (secondary N) is 1. The Hall–Kier alpha value is -1.80. The van der Waals surface area contributed by atoms with Gasteiger partial charge in [-0.1, -0.05) is 5.92 Å². The Kier molecular flexibility index (Phi) is 4.09. The van der Waals surface area contributed by atoms with E-state index in [1.807, 2.05) is 0 Å². The monoisotopic (exact) mass is 281 g/mol. The van der Waals surface area contributed by atoms with Crippen molar-refractivity contribution in [3.8, 4) is 12.3 Å². The molecule has 0 saturated heterocycles. The van der Waals surface area contributed by atoms with E-state index in [4.69, 9.17) is 11.5 Å². The number of anilines is 1. The molecule has 1 amide bonds. The second kappa shape index (κ2) is 5.33. The minimum absolute atomic E-state index is 0.0432. The average molecular weight is 282 g/mol. The van der Waals surface area contributed by atoms with Gasteiger partial charge in [0, 0.05) is 10.2 Å². The molecule has 0 aliphatic rings. The Morgan fingerprint density at radius 3 is 2.75 bits per heavy atom. The molecule has 5 heteroatoms. The predicted octanol–water partition coefficient (Wildman–Crippen LogP) is 2.11. The molecule has 16 heavy (non-hydrogen) atoms.